The smallest absolute Gasteiger partial charge is 0.427 e. The number of phosphoric acid groups is 1. The number of carbonyl (C=O) groups excluding carboxylic acids is 1. The molecule has 1 amide bonds. The molecule has 35 heavy (non-hydrogen) atoms. The number of phosphoric ester groups is 1. The third-order valence-electron chi connectivity index (χ3n) is 6.05. The molecule has 1 aromatic carbocycles. The Morgan fingerprint density at radius 2 is 1.89 bits per heavy atom. The van der Waals surface area contributed by atoms with Crippen LogP contribution in [0.1, 0.15) is 19.3 Å². The average molecular weight is 544 g/mol. The first-order chi connectivity index (χ1) is 16.1. The van der Waals surface area contributed by atoms with Gasteiger partial charge >= 0.3 is 12.3 Å². The maximum Gasteiger partial charge on any atom is 0.427 e. The maximum atomic E-state index is 13.1. The Balaban J connectivity index is 1.57. The number of amides is 1. The van der Waals surface area contributed by atoms with Crippen molar-refractivity contribution in [3.63, 3.8) is 0 Å². The molecule has 2 aliphatic heterocycles. The zero-order valence-corrected chi connectivity index (χ0v) is 20.3. The molecule has 0 bridgehead atoms. The Morgan fingerprint density at radius 3 is 2.43 bits per heavy atom. The van der Waals surface area contributed by atoms with E-state index in [2.05, 4.69) is 9.26 Å². The van der Waals surface area contributed by atoms with E-state index in [0.29, 0.717) is 6.42 Å². The normalized spacial score (nSPS) is 21.9. The summed E-state index contributed by atoms with van der Waals surface area (Å²) in [4.78, 5) is 34.3. The number of rotatable bonds is 7. The van der Waals surface area contributed by atoms with Gasteiger partial charge in [-0.05, 0) is 31.4 Å². The Kier molecular flexibility index (Phi) is 8.21. The van der Waals surface area contributed by atoms with E-state index in [9.17, 15) is 40.7 Å². The highest BCUT2D eigenvalue weighted by Gasteiger charge is 2.48. The minimum absolute atomic E-state index is 0.0340. The number of hydrogen-bond donors (Lipinski definition) is 0. The van der Waals surface area contributed by atoms with Gasteiger partial charge in [-0.3, -0.25) is 0 Å². The van der Waals surface area contributed by atoms with Crippen molar-refractivity contribution in [3.05, 3.63) is 30.3 Å². The number of likely N-dealkylation sites (N-methyl/N-ethyl adjacent to an activating group) is 1. The molecule has 2 saturated heterocycles. The molecule has 2 heterocycles. The number of hydrogen-bond acceptors (Lipinski definition) is 9. The molecule has 0 radical (unpaired) electrons. The first-order valence-corrected chi connectivity index (χ1v) is 13.4. The van der Waals surface area contributed by atoms with Gasteiger partial charge in [0.25, 0.3) is 0 Å². The van der Waals surface area contributed by atoms with Gasteiger partial charge in [0.05, 0.1) is 37.6 Å². The van der Waals surface area contributed by atoms with Crippen LogP contribution in [0.15, 0.2) is 35.2 Å². The minimum Gasteiger partial charge on any atom is -0.790 e. The molecule has 2 aliphatic rings. The largest absolute Gasteiger partial charge is 0.790 e. The minimum atomic E-state index is -5.70. The van der Waals surface area contributed by atoms with Crippen LogP contribution in [-0.2, 0) is 28.6 Å². The van der Waals surface area contributed by atoms with Crippen LogP contribution in [0.3, 0.4) is 0 Å². The predicted octanol–water partition coefficient (Wildman–Crippen LogP) is 0.843. The quantitative estimate of drug-likeness (QED) is 0.456. The summed E-state index contributed by atoms with van der Waals surface area (Å²) in [7, 11) is -8.01. The third-order valence-corrected chi connectivity index (χ3v) is 8.44. The number of ether oxygens (including phenoxy) is 2. The van der Waals surface area contributed by atoms with Gasteiger partial charge in [0.2, 0.25) is 16.1 Å². The van der Waals surface area contributed by atoms with Gasteiger partial charge in [0, 0.05) is 20.1 Å². The molecule has 0 N–H and O–H groups in total. The van der Waals surface area contributed by atoms with Crippen molar-refractivity contribution in [2.75, 3.05) is 33.4 Å². The number of halogens is 3. The fourth-order valence-electron chi connectivity index (χ4n) is 4.00. The first kappa shape index (κ1) is 27.8. The van der Waals surface area contributed by atoms with E-state index in [-0.39, 0.29) is 37.4 Å². The number of likely N-dealkylation sites (tertiary alicyclic amines) is 1. The van der Waals surface area contributed by atoms with Gasteiger partial charge in [-0.25, -0.2) is 13.2 Å². The molecule has 0 saturated carbocycles. The lowest BCUT2D eigenvalue weighted by Gasteiger charge is -2.39. The molecule has 2 fully saturated rings. The van der Waals surface area contributed by atoms with Crippen molar-refractivity contribution in [3.8, 4) is 0 Å². The number of piperidine rings is 1. The van der Waals surface area contributed by atoms with Gasteiger partial charge in [-0.15, -0.1) is 0 Å². The van der Waals surface area contributed by atoms with Crippen molar-refractivity contribution in [2.24, 2.45) is 0 Å². The Hall–Kier alpha value is -1.74. The molecule has 1 aromatic rings. The summed E-state index contributed by atoms with van der Waals surface area (Å²) >= 11 is 0. The summed E-state index contributed by atoms with van der Waals surface area (Å²) in [5.41, 5.74) is -0.758. The Bertz CT molecular complexity index is 1040. The van der Waals surface area contributed by atoms with Crippen molar-refractivity contribution >= 4 is 23.9 Å². The fourth-order valence-corrected chi connectivity index (χ4v) is 5.68. The second-order valence-electron chi connectivity index (χ2n) is 8.33. The van der Waals surface area contributed by atoms with Crippen LogP contribution < -0.4 is 9.79 Å². The van der Waals surface area contributed by atoms with E-state index < -0.39 is 54.5 Å². The van der Waals surface area contributed by atoms with Crippen LogP contribution in [0.4, 0.5) is 18.0 Å². The molecule has 2 atom stereocenters. The van der Waals surface area contributed by atoms with Crippen molar-refractivity contribution in [1.82, 2.24) is 9.21 Å². The molecule has 0 unspecified atom stereocenters. The summed E-state index contributed by atoms with van der Waals surface area (Å²) in [5, 5.41) is 0. The van der Waals surface area contributed by atoms with Gasteiger partial charge in [-0.2, -0.15) is 17.5 Å². The molecular formula is C19H24F3N2O9PS-2. The van der Waals surface area contributed by atoms with Crippen LogP contribution in [0, 0.1) is 0 Å². The van der Waals surface area contributed by atoms with Gasteiger partial charge in [0.1, 0.15) is 0 Å². The Labute approximate surface area is 200 Å². The van der Waals surface area contributed by atoms with Crippen LogP contribution in [-0.4, -0.2) is 81.0 Å². The summed E-state index contributed by atoms with van der Waals surface area (Å²) in [6.45, 7) is -1.63. The van der Waals surface area contributed by atoms with E-state index in [1.54, 1.807) is 18.2 Å². The van der Waals surface area contributed by atoms with Crippen molar-refractivity contribution in [1.29, 1.82) is 0 Å². The Morgan fingerprint density at radius 1 is 1.29 bits per heavy atom. The molecule has 16 heteroatoms. The number of alkyl halides is 3. The molecule has 1 spiro atoms. The second kappa shape index (κ2) is 10.3. The number of nitrogens with zero attached hydrogens (tertiary/aromatic N) is 2. The van der Waals surface area contributed by atoms with Crippen LogP contribution in [0.2, 0.25) is 0 Å². The lowest BCUT2D eigenvalue weighted by molar-refractivity contribution is -0.344. The summed E-state index contributed by atoms with van der Waals surface area (Å²) in [6, 6.07) is 7.40. The highest BCUT2D eigenvalue weighted by atomic mass is 32.2. The van der Waals surface area contributed by atoms with E-state index in [1.165, 1.54) is 23.5 Å². The molecule has 0 aromatic heterocycles. The van der Waals surface area contributed by atoms with Gasteiger partial charge in [0.15, 0.2) is 0 Å². The monoisotopic (exact) mass is 544 g/mol. The van der Waals surface area contributed by atoms with Crippen LogP contribution in [0.25, 0.3) is 0 Å². The SMILES string of the molecule is CN([C@H]1COC2(CCN(C(=O)O[C@H](COP(=O)([O-])[O-])C(F)(F)F)CC2)C1)S(=O)(=O)c1ccccc1. The molecule has 198 valence electrons. The number of benzene rings is 1. The number of carbonyl (C=O) groups is 1. The lowest BCUT2D eigenvalue weighted by Crippen LogP contribution is -2.49. The van der Waals surface area contributed by atoms with Gasteiger partial charge in [-0.1, -0.05) is 18.2 Å². The highest BCUT2D eigenvalue weighted by molar-refractivity contribution is 7.89. The predicted molar refractivity (Wildman–Crippen MR) is 109 cm³/mol. The molecular weight excluding hydrogens is 520 g/mol. The van der Waals surface area contributed by atoms with Crippen LogP contribution >= 0.6 is 7.82 Å². The zero-order valence-electron chi connectivity index (χ0n) is 18.5. The lowest BCUT2D eigenvalue weighted by atomic mass is 9.87. The van der Waals surface area contributed by atoms with Crippen molar-refractivity contribution in [2.45, 2.75) is 48.1 Å². The second-order valence-corrected chi connectivity index (χ2v) is 11.5. The highest BCUT2D eigenvalue weighted by Crippen LogP contribution is 2.39. The summed E-state index contributed by atoms with van der Waals surface area (Å²) in [6.07, 6.45) is -8.66. The number of sulfonamides is 1. The van der Waals surface area contributed by atoms with Gasteiger partial charge < -0.3 is 33.2 Å². The summed E-state index contributed by atoms with van der Waals surface area (Å²) < 4.78 is 90.5. The van der Waals surface area contributed by atoms with E-state index in [4.69, 9.17) is 4.74 Å². The summed E-state index contributed by atoms with van der Waals surface area (Å²) in [5.74, 6) is 0. The standard InChI is InChI=1S/C19H26F3N2O9PS/c1-23(35(29,30)15-5-3-2-4-6-15)14-11-18(31-12-14)7-9-24(10-8-18)17(25)33-16(19(20,21)22)13-32-34(26,27)28/h2-6,14,16H,7-13H2,1H3,(H2,26,27,28)/p-2/t14-,16-/m1/s1. The van der Waals surface area contributed by atoms with E-state index in [1.807, 2.05) is 0 Å². The first-order valence-electron chi connectivity index (χ1n) is 10.5. The zero-order chi connectivity index (χ0) is 26.1. The average Bonchev–Trinajstić information content (AvgIpc) is 3.18. The molecule has 0 aliphatic carbocycles. The van der Waals surface area contributed by atoms with Crippen molar-refractivity contribution < 1.29 is 54.7 Å². The molecule has 11 nitrogen and oxygen atoms in total. The van der Waals surface area contributed by atoms with E-state index in [0.717, 1.165) is 4.90 Å². The van der Waals surface area contributed by atoms with Crippen LogP contribution in [0.5, 0.6) is 0 Å². The maximum absolute atomic E-state index is 13.1. The third kappa shape index (κ3) is 6.94. The fraction of sp³-hybridized carbons (Fsp3) is 0.632. The topological polar surface area (TPSA) is 149 Å². The van der Waals surface area contributed by atoms with E-state index >= 15 is 0 Å². The molecule has 3 rings (SSSR count).